The van der Waals surface area contributed by atoms with Crippen LogP contribution in [0.1, 0.15) is 40.0 Å². The molecule has 0 aromatic heterocycles. The van der Waals surface area contributed by atoms with Crippen LogP contribution in [0.3, 0.4) is 0 Å². The molecular formula is C23H36N2O5. The smallest absolute Gasteiger partial charge is 0.410 e. The number of amides is 1. The van der Waals surface area contributed by atoms with Crippen LogP contribution in [0.5, 0.6) is 0 Å². The minimum Gasteiger partial charge on any atom is -0.443 e. The van der Waals surface area contributed by atoms with Gasteiger partial charge in [0.25, 0.3) is 0 Å². The SMILES string of the molecule is COC1C(OC(=O)N2CC3(CN(C)C3)C2)CCC2(CO2)C1[C@@]1(C)O[C@@H]1CC=C(C)C. The van der Waals surface area contributed by atoms with Gasteiger partial charge in [-0.25, -0.2) is 4.79 Å². The van der Waals surface area contributed by atoms with Crippen molar-refractivity contribution in [3.63, 3.8) is 0 Å². The van der Waals surface area contributed by atoms with Crippen LogP contribution < -0.4 is 0 Å². The Hall–Kier alpha value is -1.15. The number of nitrogens with zero attached hydrogens (tertiary/aromatic N) is 2. The predicted octanol–water partition coefficient (Wildman–Crippen LogP) is 2.45. The Balaban J connectivity index is 1.25. The Morgan fingerprint density at radius 2 is 1.93 bits per heavy atom. The molecule has 0 aromatic rings. The lowest BCUT2D eigenvalue weighted by Gasteiger charge is -2.59. The van der Waals surface area contributed by atoms with Crippen molar-refractivity contribution >= 4 is 6.09 Å². The van der Waals surface area contributed by atoms with Crippen molar-refractivity contribution in [1.29, 1.82) is 0 Å². The predicted molar refractivity (Wildman–Crippen MR) is 111 cm³/mol. The highest BCUT2D eigenvalue weighted by Gasteiger charge is 2.72. The second-order valence-electron chi connectivity index (χ2n) is 10.8. The van der Waals surface area contributed by atoms with E-state index in [0.29, 0.717) is 5.41 Å². The van der Waals surface area contributed by atoms with Crippen LogP contribution in [0.15, 0.2) is 11.6 Å². The largest absolute Gasteiger partial charge is 0.443 e. The van der Waals surface area contributed by atoms with Crippen molar-refractivity contribution in [3.8, 4) is 0 Å². The summed E-state index contributed by atoms with van der Waals surface area (Å²) in [6, 6.07) is 0. The summed E-state index contributed by atoms with van der Waals surface area (Å²) < 4.78 is 24.2. The molecule has 2 spiro atoms. The van der Waals surface area contributed by atoms with Crippen LogP contribution in [-0.4, -0.2) is 92.4 Å². The van der Waals surface area contributed by atoms with Gasteiger partial charge in [-0.1, -0.05) is 11.6 Å². The molecule has 0 bridgehead atoms. The summed E-state index contributed by atoms with van der Waals surface area (Å²) in [7, 11) is 3.85. The number of hydrogen-bond donors (Lipinski definition) is 0. The Morgan fingerprint density at radius 1 is 1.23 bits per heavy atom. The molecule has 4 saturated heterocycles. The monoisotopic (exact) mass is 420 g/mol. The summed E-state index contributed by atoms with van der Waals surface area (Å²) in [5.41, 5.74) is 1.12. The van der Waals surface area contributed by atoms with Gasteiger partial charge in [0.15, 0.2) is 0 Å². The van der Waals surface area contributed by atoms with Gasteiger partial charge in [0.05, 0.1) is 18.6 Å². The first-order valence-corrected chi connectivity index (χ1v) is 11.3. The molecule has 0 aromatic carbocycles. The van der Waals surface area contributed by atoms with Gasteiger partial charge in [0.2, 0.25) is 0 Å². The highest BCUT2D eigenvalue weighted by Crippen LogP contribution is 2.59. The Bertz CT molecular complexity index is 732. The van der Waals surface area contributed by atoms with E-state index in [0.717, 1.165) is 52.0 Å². The first-order valence-electron chi connectivity index (χ1n) is 11.3. The Morgan fingerprint density at radius 3 is 2.50 bits per heavy atom. The summed E-state index contributed by atoms with van der Waals surface area (Å²) in [6.07, 6.45) is 4.29. The van der Waals surface area contributed by atoms with Crippen molar-refractivity contribution in [2.45, 2.75) is 69.5 Å². The van der Waals surface area contributed by atoms with E-state index in [1.807, 2.05) is 4.90 Å². The van der Waals surface area contributed by atoms with Crippen LogP contribution in [-0.2, 0) is 18.9 Å². The molecular weight excluding hydrogens is 384 g/mol. The van der Waals surface area contributed by atoms with Gasteiger partial charge in [-0.3, -0.25) is 0 Å². The van der Waals surface area contributed by atoms with Gasteiger partial charge in [0, 0.05) is 38.7 Å². The molecule has 1 saturated carbocycles. The third-order valence-corrected chi connectivity index (χ3v) is 8.01. The number of likely N-dealkylation sites (tertiary alicyclic amines) is 2. The third kappa shape index (κ3) is 3.29. The molecule has 4 aliphatic heterocycles. The summed E-state index contributed by atoms with van der Waals surface area (Å²) >= 11 is 0. The Kier molecular flexibility index (Phi) is 4.79. The van der Waals surface area contributed by atoms with Crippen LogP contribution in [0.2, 0.25) is 0 Å². The molecule has 7 nitrogen and oxygen atoms in total. The first kappa shape index (κ1) is 20.7. The molecule has 1 amide bonds. The normalized spacial score (nSPS) is 43.7. The highest BCUT2D eigenvalue weighted by atomic mass is 16.6. The highest BCUT2D eigenvalue weighted by molar-refractivity contribution is 5.69. The molecule has 168 valence electrons. The second-order valence-corrected chi connectivity index (χ2v) is 10.8. The van der Waals surface area contributed by atoms with E-state index in [2.05, 4.69) is 38.8 Å². The number of rotatable bonds is 5. The van der Waals surface area contributed by atoms with Crippen LogP contribution >= 0.6 is 0 Å². The fourth-order valence-electron chi connectivity index (χ4n) is 6.47. The first-order chi connectivity index (χ1) is 14.2. The molecule has 0 radical (unpaired) electrons. The van der Waals surface area contributed by atoms with Crippen LogP contribution in [0.4, 0.5) is 4.79 Å². The third-order valence-electron chi connectivity index (χ3n) is 8.01. The average Bonchev–Trinajstić information content (AvgIpc) is 3.54. The summed E-state index contributed by atoms with van der Waals surface area (Å²) in [5.74, 6) is 0.0696. The molecule has 4 heterocycles. The van der Waals surface area contributed by atoms with Crippen molar-refractivity contribution in [2.24, 2.45) is 11.3 Å². The number of ether oxygens (including phenoxy) is 4. The van der Waals surface area contributed by atoms with E-state index in [-0.39, 0.29) is 41.5 Å². The van der Waals surface area contributed by atoms with E-state index < -0.39 is 0 Å². The zero-order chi connectivity index (χ0) is 21.3. The lowest BCUT2D eigenvalue weighted by molar-refractivity contribution is -0.137. The van der Waals surface area contributed by atoms with Crippen molar-refractivity contribution in [1.82, 2.24) is 9.80 Å². The number of carbonyl (C=O) groups excluding carboxylic acids is 1. The summed E-state index contributed by atoms with van der Waals surface area (Å²) in [6.45, 7) is 10.9. The van der Waals surface area contributed by atoms with Crippen molar-refractivity contribution < 1.29 is 23.7 Å². The number of methoxy groups -OCH3 is 1. The molecule has 1 aliphatic carbocycles. The second kappa shape index (κ2) is 6.92. The van der Waals surface area contributed by atoms with Gasteiger partial charge in [-0.2, -0.15) is 0 Å². The molecule has 4 unspecified atom stereocenters. The molecule has 7 heteroatoms. The minimum atomic E-state index is -0.300. The average molecular weight is 421 g/mol. The quantitative estimate of drug-likeness (QED) is 0.503. The molecule has 5 rings (SSSR count). The van der Waals surface area contributed by atoms with Gasteiger partial charge < -0.3 is 28.7 Å². The lowest BCUT2D eigenvalue weighted by atomic mass is 9.68. The van der Waals surface area contributed by atoms with E-state index in [1.165, 1.54) is 5.57 Å². The van der Waals surface area contributed by atoms with Crippen LogP contribution in [0.25, 0.3) is 0 Å². The summed E-state index contributed by atoms with van der Waals surface area (Å²) in [4.78, 5) is 17.0. The fraction of sp³-hybridized carbons (Fsp3) is 0.870. The van der Waals surface area contributed by atoms with Gasteiger partial charge in [-0.15, -0.1) is 0 Å². The van der Waals surface area contributed by atoms with Crippen LogP contribution in [0, 0.1) is 11.3 Å². The lowest BCUT2D eigenvalue weighted by Crippen LogP contribution is -2.72. The maximum absolute atomic E-state index is 12.8. The van der Waals surface area contributed by atoms with E-state index in [4.69, 9.17) is 18.9 Å². The van der Waals surface area contributed by atoms with E-state index >= 15 is 0 Å². The number of epoxide rings is 2. The molecule has 5 fully saturated rings. The molecule has 6 atom stereocenters. The number of hydrogen-bond acceptors (Lipinski definition) is 6. The maximum atomic E-state index is 12.8. The van der Waals surface area contributed by atoms with Gasteiger partial charge in [0.1, 0.15) is 23.4 Å². The molecule has 0 N–H and O–H groups in total. The van der Waals surface area contributed by atoms with Crippen molar-refractivity contribution in [2.75, 3.05) is 46.9 Å². The van der Waals surface area contributed by atoms with E-state index in [9.17, 15) is 4.79 Å². The number of carbonyl (C=O) groups is 1. The standard InChI is InChI=1S/C23H36N2O5/c1-15(2)6-7-17-21(3,30-17)19-18(27-5)16(8-9-23(19)14-28-23)29-20(26)25-12-22(13-25)10-24(4)11-22/h6,16-19H,7-14H2,1-5H3/t16?,17-,18?,19?,21+,23?/m1/s1. The Labute approximate surface area is 179 Å². The molecule has 5 aliphatic rings. The minimum absolute atomic E-state index is 0.0696. The fourth-order valence-corrected chi connectivity index (χ4v) is 6.47. The topological polar surface area (TPSA) is 67.1 Å². The zero-order valence-electron chi connectivity index (χ0n) is 19.0. The van der Waals surface area contributed by atoms with E-state index in [1.54, 1.807) is 7.11 Å². The van der Waals surface area contributed by atoms with Gasteiger partial charge >= 0.3 is 6.09 Å². The maximum Gasteiger partial charge on any atom is 0.410 e. The molecule has 30 heavy (non-hydrogen) atoms. The number of allylic oxidation sites excluding steroid dienone is 1. The van der Waals surface area contributed by atoms with Gasteiger partial charge in [-0.05, 0) is 47.1 Å². The van der Waals surface area contributed by atoms with Crippen molar-refractivity contribution in [3.05, 3.63) is 11.6 Å². The zero-order valence-corrected chi connectivity index (χ0v) is 19.0. The summed E-state index contributed by atoms with van der Waals surface area (Å²) in [5, 5.41) is 0.